The van der Waals surface area contributed by atoms with Crippen molar-refractivity contribution in [2.45, 2.75) is 0 Å². The van der Waals surface area contributed by atoms with E-state index in [9.17, 15) is 4.79 Å². The second-order valence-corrected chi connectivity index (χ2v) is 4.07. The van der Waals surface area contributed by atoms with E-state index in [1.54, 1.807) is 36.5 Å². The summed E-state index contributed by atoms with van der Waals surface area (Å²) in [5.74, 6) is 0. The summed E-state index contributed by atoms with van der Waals surface area (Å²) in [5, 5.41) is 6.49. The van der Waals surface area contributed by atoms with Gasteiger partial charge in [-0.25, -0.2) is 4.79 Å². The number of anilines is 1. The predicted molar refractivity (Wildman–Crippen MR) is 72.4 cm³/mol. The molecule has 1 heterocycles. The molecular weight excluding hydrogens is 252 g/mol. The predicted octanol–water partition coefficient (Wildman–Crippen LogP) is 2.76. The van der Waals surface area contributed by atoms with Crippen LogP contribution in [0.4, 0.5) is 5.69 Å². The Morgan fingerprint density at radius 1 is 1.28 bits per heavy atom. The lowest BCUT2D eigenvalue weighted by Crippen LogP contribution is -2.11. The molecule has 0 radical (unpaired) electrons. The van der Waals surface area contributed by atoms with Gasteiger partial charge in [0.1, 0.15) is 0 Å². The molecule has 0 aliphatic heterocycles. The largest absolute Gasteiger partial charge is 0.431 e. The summed E-state index contributed by atoms with van der Waals surface area (Å²) in [6.45, 7) is 0. The maximum absolute atomic E-state index is 11.0. The molecule has 2 rings (SSSR count). The SMILES string of the molecule is CN(/N=C/c1ccc(Cl)cc1)c1ccoc(=O)c1. The molecule has 2 aromatic rings. The Morgan fingerprint density at radius 3 is 2.67 bits per heavy atom. The van der Waals surface area contributed by atoms with E-state index in [1.165, 1.54) is 12.3 Å². The van der Waals surface area contributed by atoms with Crippen molar-refractivity contribution >= 4 is 23.5 Å². The van der Waals surface area contributed by atoms with Crippen LogP contribution in [0.5, 0.6) is 0 Å². The van der Waals surface area contributed by atoms with Crippen LogP contribution in [0, 0.1) is 0 Å². The lowest BCUT2D eigenvalue weighted by Gasteiger charge is -2.11. The molecule has 1 aromatic heterocycles. The van der Waals surface area contributed by atoms with Crippen LogP contribution in [0.2, 0.25) is 5.02 Å². The molecule has 0 fully saturated rings. The van der Waals surface area contributed by atoms with Crippen molar-refractivity contribution in [3.63, 3.8) is 0 Å². The second kappa shape index (κ2) is 5.51. The van der Waals surface area contributed by atoms with Crippen molar-refractivity contribution in [2.75, 3.05) is 12.1 Å². The Labute approximate surface area is 109 Å². The minimum absolute atomic E-state index is 0.402. The Hall–Kier alpha value is -2.07. The molecule has 0 aliphatic rings. The summed E-state index contributed by atoms with van der Waals surface area (Å²) in [6.07, 6.45) is 3.02. The van der Waals surface area contributed by atoms with Crippen LogP contribution < -0.4 is 10.6 Å². The first-order valence-corrected chi connectivity index (χ1v) is 5.65. The van der Waals surface area contributed by atoms with Crippen LogP contribution in [0.15, 0.2) is 57.0 Å². The third kappa shape index (κ3) is 3.21. The minimum Gasteiger partial charge on any atom is -0.431 e. The fraction of sp³-hybridized carbons (Fsp3) is 0.0769. The second-order valence-electron chi connectivity index (χ2n) is 3.63. The highest BCUT2D eigenvalue weighted by atomic mass is 35.5. The van der Waals surface area contributed by atoms with E-state index < -0.39 is 5.63 Å². The average Bonchev–Trinajstić information content (AvgIpc) is 2.38. The number of nitrogens with zero attached hydrogens (tertiary/aromatic N) is 2. The zero-order valence-electron chi connectivity index (χ0n) is 9.71. The quantitative estimate of drug-likeness (QED) is 0.631. The zero-order chi connectivity index (χ0) is 13.0. The normalized spacial score (nSPS) is 10.8. The number of hydrogen-bond donors (Lipinski definition) is 0. The number of benzene rings is 1. The molecule has 4 nitrogen and oxygen atoms in total. The first-order valence-electron chi connectivity index (χ1n) is 5.27. The van der Waals surface area contributed by atoms with Gasteiger partial charge in [-0.3, -0.25) is 5.01 Å². The van der Waals surface area contributed by atoms with Crippen LogP contribution in [0.1, 0.15) is 5.56 Å². The van der Waals surface area contributed by atoms with Gasteiger partial charge in [0.05, 0.1) is 18.2 Å². The summed E-state index contributed by atoms with van der Waals surface area (Å²) in [7, 11) is 1.75. The van der Waals surface area contributed by atoms with Crippen LogP contribution in [-0.4, -0.2) is 13.3 Å². The summed E-state index contributed by atoms with van der Waals surface area (Å²) < 4.78 is 4.65. The first kappa shape index (κ1) is 12.4. The van der Waals surface area contributed by atoms with Crippen molar-refractivity contribution in [3.05, 3.63) is 63.7 Å². The molecule has 5 heteroatoms. The van der Waals surface area contributed by atoms with Crippen LogP contribution in [0.3, 0.4) is 0 Å². The molecule has 18 heavy (non-hydrogen) atoms. The highest BCUT2D eigenvalue weighted by Gasteiger charge is 1.99. The summed E-state index contributed by atoms with van der Waals surface area (Å²) in [4.78, 5) is 11.0. The summed E-state index contributed by atoms with van der Waals surface area (Å²) >= 11 is 5.79. The molecule has 0 bridgehead atoms. The molecule has 0 spiro atoms. The number of halogens is 1. The fourth-order valence-electron chi connectivity index (χ4n) is 1.34. The van der Waals surface area contributed by atoms with E-state index in [-0.39, 0.29) is 0 Å². The molecule has 0 amide bonds. The average molecular weight is 263 g/mol. The van der Waals surface area contributed by atoms with E-state index in [2.05, 4.69) is 9.52 Å². The maximum atomic E-state index is 11.0. The standard InChI is InChI=1S/C13H11ClN2O2/c1-16(12-6-7-18-13(17)8-12)15-9-10-2-4-11(14)5-3-10/h2-9H,1H3/b15-9+. The third-order valence-electron chi connectivity index (χ3n) is 2.31. The van der Waals surface area contributed by atoms with Crippen molar-refractivity contribution in [1.29, 1.82) is 0 Å². The van der Waals surface area contributed by atoms with Gasteiger partial charge in [-0.1, -0.05) is 23.7 Å². The van der Waals surface area contributed by atoms with Crippen molar-refractivity contribution in [3.8, 4) is 0 Å². The smallest absolute Gasteiger partial charge is 0.337 e. The molecule has 0 saturated carbocycles. The fourth-order valence-corrected chi connectivity index (χ4v) is 1.47. The van der Waals surface area contributed by atoms with E-state index in [4.69, 9.17) is 11.6 Å². The van der Waals surface area contributed by atoms with Gasteiger partial charge in [-0.05, 0) is 23.8 Å². The molecule has 0 saturated heterocycles. The zero-order valence-corrected chi connectivity index (χ0v) is 10.5. The van der Waals surface area contributed by atoms with Crippen LogP contribution in [0.25, 0.3) is 0 Å². The number of rotatable bonds is 3. The Morgan fingerprint density at radius 2 is 2.00 bits per heavy atom. The van der Waals surface area contributed by atoms with E-state index in [0.717, 1.165) is 5.56 Å². The van der Waals surface area contributed by atoms with E-state index in [0.29, 0.717) is 10.7 Å². The lowest BCUT2D eigenvalue weighted by molar-refractivity contribution is 0.510. The number of hydrazone groups is 1. The van der Waals surface area contributed by atoms with Crippen LogP contribution in [-0.2, 0) is 0 Å². The van der Waals surface area contributed by atoms with Gasteiger partial charge in [-0.15, -0.1) is 0 Å². The van der Waals surface area contributed by atoms with Gasteiger partial charge in [0.25, 0.3) is 0 Å². The summed E-state index contributed by atoms with van der Waals surface area (Å²) in [5.41, 5.74) is 1.19. The third-order valence-corrected chi connectivity index (χ3v) is 2.56. The van der Waals surface area contributed by atoms with Gasteiger partial charge in [0, 0.05) is 18.1 Å². The van der Waals surface area contributed by atoms with Crippen molar-refractivity contribution < 1.29 is 4.42 Å². The molecular formula is C13H11ClN2O2. The molecule has 0 unspecified atom stereocenters. The van der Waals surface area contributed by atoms with Gasteiger partial charge in [0.2, 0.25) is 0 Å². The van der Waals surface area contributed by atoms with Gasteiger partial charge in [-0.2, -0.15) is 5.10 Å². The minimum atomic E-state index is -0.402. The Kier molecular flexibility index (Phi) is 3.79. The van der Waals surface area contributed by atoms with Crippen molar-refractivity contribution in [1.82, 2.24) is 0 Å². The van der Waals surface area contributed by atoms with Gasteiger partial charge < -0.3 is 4.42 Å². The lowest BCUT2D eigenvalue weighted by atomic mass is 10.2. The van der Waals surface area contributed by atoms with Gasteiger partial charge >= 0.3 is 5.63 Å². The topological polar surface area (TPSA) is 45.8 Å². The highest BCUT2D eigenvalue weighted by molar-refractivity contribution is 6.30. The molecule has 0 aliphatic carbocycles. The Bertz CT molecular complexity index is 605. The van der Waals surface area contributed by atoms with E-state index >= 15 is 0 Å². The van der Waals surface area contributed by atoms with Gasteiger partial charge in [0.15, 0.2) is 0 Å². The summed E-state index contributed by atoms with van der Waals surface area (Å²) in [6, 6.07) is 10.3. The maximum Gasteiger partial charge on any atom is 0.337 e. The van der Waals surface area contributed by atoms with E-state index in [1.807, 2.05) is 12.1 Å². The van der Waals surface area contributed by atoms with Crippen LogP contribution >= 0.6 is 11.6 Å². The Balaban J connectivity index is 2.14. The molecule has 92 valence electrons. The number of hydrogen-bond acceptors (Lipinski definition) is 4. The highest BCUT2D eigenvalue weighted by Crippen LogP contribution is 2.10. The molecule has 0 N–H and O–H groups in total. The molecule has 1 aromatic carbocycles. The van der Waals surface area contributed by atoms with Crippen molar-refractivity contribution in [2.24, 2.45) is 5.10 Å². The monoisotopic (exact) mass is 262 g/mol. The molecule has 0 atom stereocenters. The first-order chi connectivity index (χ1) is 8.65.